The molecule has 16 heavy (non-hydrogen) atoms. The molecule has 0 amide bonds. The number of nitrogens with one attached hydrogen (secondary N) is 1. The highest BCUT2D eigenvalue weighted by Gasteiger charge is 2.21. The number of aromatic nitrogens is 1. The summed E-state index contributed by atoms with van der Waals surface area (Å²) in [5.74, 6) is 0.900. The second-order valence-electron chi connectivity index (χ2n) is 4.77. The highest BCUT2D eigenvalue weighted by atomic mass is 32.1. The first-order valence-corrected chi connectivity index (χ1v) is 7.45. The zero-order valence-corrected chi connectivity index (χ0v) is 10.9. The zero-order chi connectivity index (χ0) is 11.2. The first-order valence-electron chi connectivity index (χ1n) is 6.50. The molecule has 1 aliphatic carbocycles. The molecular weight excluding hydrogens is 216 g/mol. The molecule has 1 aromatic rings. The number of nitrogens with zero attached hydrogens (tertiary/aromatic N) is 1. The van der Waals surface area contributed by atoms with Crippen molar-refractivity contribution in [1.29, 1.82) is 0 Å². The Morgan fingerprint density at radius 1 is 1.44 bits per heavy atom. The van der Waals surface area contributed by atoms with Crippen molar-refractivity contribution in [3.8, 4) is 0 Å². The average Bonchev–Trinajstić information content (AvgIpc) is 2.84. The van der Waals surface area contributed by atoms with Gasteiger partial charge in [0, 0.05) is 18.0 Å². The lowest BCUT2D eigenvalue weighted by Gasteiger charge is -2.30. The first-order chi connectivity index (χ1) is 7.90. The van der Waals surface area contributed by atoms with Gasteiger partial charge < -0.3 is 5.32 Å². The van der Waals surface area contributed by atoms with Crippen LogP contribution in [0, 0.1) is 5.92 Å². The summed E-state index contributed by atoms with van der Waals surface area (Å²) in [5.41, 5.74) is 3.11. The third-order valence-corrected chi connectivity index (χ3v) is 4.32. The second-order valence-corrected chi connectivity index (χ2v) is 5.49. The lowest BCUT2D eigenvalue weighted by molar-refractivity contribution is 0.261. The summed E-state index contributed by atoms with van der Waals surface area (Å²) < 4.78 is 0. The van der Waals surface area contributed by atoms with Crippen LogP contribution in [0.2, 0.25) is 0 Å². The Labute approximate surface area is 102 Å². The van der Waals surface area contributed by atoms with Gasteiger partial charge in [-0.05, 0) is 25.2 Å². The van der Waals surface area contributed by atoms with Gasteiger partial charge in [-0.3, -0.25) is 0 Å². The van der Waals surface area contributed by atoms with Gasteiger partial charge in [0.2, 0.25) is 0 Å². The molecule has 0 saturated heterocycles. The van der Waals surface area contributed by atoms with E-state index in [0.717, 1.165) is 12.5 Å². The molecule has 0 aliphatic heterocycles. The van der Waals surface area contributed by atoms with E-state index < -0.39 is 0 Å². The summed E-state index contributed by atoms with van der Waals surface area (Å²) in [4.78, 5) is 4.32. The predicted molar refractivity (Wildman–Crippen MR) is 69.6 cm³/mol. The van der Waals surface area contributed by atoms with Crippen molar-refractivity contribution in [3.63, 3.8) is 0 Å². The molecule has 3 heteroatoms. The lowest BCUT2D eigenvalue weighted by atomic mass is 9.83. The van der Waals surface area contributed by atoms with Crippen molar-refractivity contribution in [3.05, 3.63) is 16.6 Å². The van der Waals surface area contributed by atoms with Crippen molar-refractivity contribution in [2.75, 3.05) is 0 Å². The molecule has 2 rings (SSSR count). The minimum absolute atomic E-state index is 0.696. The third kappa shape index (κ3) is 3.29. The van der Waals surface area contributed by atoms with E-state index in [0.29, 0.717) is 6.04 Å². The molecule has 2 nitrogen and oxygen atoms in total. The summed E-state index contributed by atoms with van der Waals surface area (Å²) >= 11 is 1.68. The molecule has 90 valence electrons. The van der Waals surface area contributed by atoms with Crippen LogP contribution in [0.25, 0.3) is 0 Å². The maximum atomic E-state index is 4.32. The fraction of sp³-hybridized carbons (Fsp3) is 0.769. The quantitative estimate of drug-likeness (QED) is 0.848. The first kappa shape index (κ1) is 12.1. The maximum Gasteiger partial charge on any atom is 0.0795 e. The summed E-state index contributed by atoms with van der Waals surface area (Å²) in [5, 5.41) is 5.83. The second kappa shape index (κ2) is 6.36. The fourth-order valence-electron chi connectivity index (χ4n) is 2.74. The molecule has 1 unspecified atom stereocenters. The van der Waals surface area contributed by atoms with E-state index in [1.807, 2.05) is 5.51 Å². The molecular formula is C13H22N2S. The standard InChI is InChI=1S/C13H22N2S/c1-2-13(11-6-4-3-5-7-11)14-8-12-9-16-10-15-12/h9-11,13-14H,2-8H2,1H3. The third-order valence-electron chi connectivity index (χ3n) is 3.69. The summed E-state index contributed by atoms with van der Waals surface area (Å²) in [7, 11) is 0. The van der Waals surface area contributed by atoms with Crippen LogP contribution in [-0.2, 0) is 6.54 Å². The molecule has 1 aliphatic rings. The van der Waals surface area contributed by atoms with Gasteiger partial charge in [0.25, 0.3) is 0 Å². The lowest BCUT2D eigenvalue weighted by Crippen LogP contribution is -2.36. The molecule has 1 fully saturated rings. The Bertz CT molecular complexity index is 278. The summed E-state index contributed by atoms with van der Waals surface area (Å²) in [6.07, 6.45) is 8.39. The fourth-order valence-corrected chi connectivity index (χ4v) is 3.30. The molecule has 1 saturated carbocycles. The molecule has 1 atom stereocenters. The van der Waals surface area contributed by atoms with E-state index in [1.165, 1.54) is 44.2 Å². The van der Waals surface area contributed by atoms with Gasteiger partial charge in [-0.1, -0.05) is 26.2 Å². The van der Waals surface area contributed by atoms with Crippen molar-refractivity contribution < 1.29 is 0 Å². The van der Waals surface area contributed by atoms with Crippen LogP contribution in [0.5, 0.6) is 0 Å². The summed E-state index contributed by atoms with van der Waals surface area (Å²) in [6.45, 7) is 3.24. The van der Waals surface area contributed by atoms with E-state index in [2.05, 4.69) is 22.6 Å². The molecule has 1 N–H and O–H groups in total. The van der Waals surface area contributed by atoms with E-state index >= 15 is 0 Å². The Balaban J connectivity index is 1.80. The van der Waals surface area contributed by atoms with Crippen LogP contribution >= 0.6 is 11.3 Å². The summed E-state index contributed by atoms with van der Waals surface area (Å²) in [6, 6.07) is 0.696. The molecule has 0 bridgehead atoms. The minimum atomic E-state index is 0.696. The Hall–Kier alpha value is -0.410. The number of hydrogen-bond donors (Lipinski definition) is 1. The minimum Gasteiger partial charge on any atom is -0.308 e. The van der Waals surface area contributed by atoms with Crippen molar-refractivity contribution in [1.82, 2.24) is 10.3 Å². The smallest absolute Gasteiger partial charge is 0.0795 e. The van der Waals surface area contributed by atoms with Crippen LogP contribution in [0.1, 0.15) is 51.1 Å². The number of rotatable bonds is 5. The zero-order valence-electron chi connectivity index (χ0n) is 10.1. The Kier molecular flexibility index (Phi) is 4.79. The van der Waals surface area contributed by atoms with Gasteiger partial charge in [-0.25, -0.2) is 4.98 Å². The van der Waals surface area contributed by atoms with Crippen molar-refractivity contribution in [2.45, 2.75) is 58.0 Å². The van der Waals surface area contributed by atoms with Crippen molar-refractivity contribution >= 4 is 11.3 Å². The highest BCUT2D eigenvalue weighted by molar-refractivity contribution is 7.07. The molecule has 1 aromatic heterocycles. The van der Waals surface area contributed by atoms with Crippen LogP contribution < -0.4 is 5.32 Å². The van der Waals surface area contributed by atoms with E-state index in [9.17, 15) is 0 Å². The maximum absolute atomic E-state index is 4.32. The van der Waals surface area contributed by atoms with E-state index in [1.54, 1.807) is 11.3 Å². The van der Waals surface area contributed by atoms with Crippen LogP contribution in [-0.4, -0.2) is 11.0 Å². The van der Waals surface area contributed by atoms with Crippen molar-refractivity contribution in [2.24, 2.45) is 5.92 Å². The molecule has 0 aromatic carbocycles. The monoisotopic (exact) mass is 238 g/mol. The molecule has 1 heterocycles. The number of hydrogen-bond acceptors (Lipinski definition) is 3. The van der Waals surface area contributed by atoms with Gasteiger partial charge in [0.1, 0.15) is 0 Å². The van der Waals surface area contributed by atoms with Crippen LogP contribution in [0.4, 0.5) is 0 Å². The predicted octanol–water partition coefficient (Wildman–Crippen LogP) is 3.59. The molecule has 0 radical (unpaired) electrons. The Morgan fingerprint density at radius 2 is 2.25 bits per heavy atom. The number of thiazole rings is 1. The van der Waals surface area contributed by atoms with Crippen LogP contribution in [0.15, 0.2) is 10.9 Å². The van der Waals surface area contributed by atoms with Gasteiger partial charge in [0.05, 0.1) is 11.2 Å². The average molecular weight is 238 g/mol. The van der Waals surface area contributed by atoms with Gasteiger partial charge in [-0.15, -0.1) is 11.3 Å². The van der Waals surface area contributed by atoms with Gasteiger partial charge in [-0.2, -0.15) is 0 Å². The normalized spacial score (nSPS) is 19.8. The largest absolute Gasteiger partial charge is 0.308 e. The molecule has 0 spiro atoms. The van der Waals surface area contributed by atoms with E-state index in [-0.39, 0.29) is 0 Å². The van der Waals surface area contributed by atoms with Gasteiger partial charge >= 0.3 is 0 Å². The van der Waals surface area contributed by atoms with E-state index in [4.69, 9.17) is 0 Å². The topological polar surface area (TPSA) is 24.9 Å². The highest BCUT2D eigenvalue weighted by Crippen LogP contribution is 2.27. The van der Waals surface area contributed by atoms with Crippen LogP contribution in [0.3, 0.4) is 0 Å². The van der Waals surface area contributed by atoms with Gasteiger partial charge in [0.15, 0.2) is 0 Å². The SMILES string of the molecule is CCC(NCc1cscn1)C1CCCCC1. The Morgan fingerprint density at radius 3 is 2.88 bits per heavy atom.